The molecule has 2 nitrogen and oxygen atoms in total. The minimum absolute atomic E-state index is 0.267. The first kappa shape index (κ1) is 13.2. The van der Waals surface area contributed by atoms with E-state index >= 15 is 0 Å². The number of carbonyl (C=O) groups excluding carboxylic acids is 1. The Hall–Kier alpha value is -0.830. The van der Waals surface area contributed by atoms with E-state index in [1.165, 1.54) is 12.7 Å². The van der Waals surface area contributed by atoms with Gasteiger partial charge in [-0.05, 0) is 23.5 Å². The highest BCUT2D eigenvalue weighted by atomic mass is 79.9. The van der Waals surface area contributed by atoms with Crippen LogP contribution in [0.4, 0.5) is 0 Å². The number of esters is 1. The third-order valence-corrected chi connectivity index (χ3v) is 3.23. The van der Waals surface area contributed by atoms with Crippen molar-refractivity contribution in [1.82, 2.24) is 0 Å². The van der Waals surface area contributed by atoms with Crippen LogP contribution >= 0.6 is 15.9 Å². The van der Waals surface area contributed by atoms with Crippen molar-refractivity contribution < 1.29 is 9.53 Å². The second-order valence-corrected chi connectivity index (χ2v) is 5.14. The third-order valence-electron chi connectivity index (χ3n) is 2.32. The fourth-order valence-electron chi connectivity index (χ4n) is 1.53. The van der Waals surface area contributed by atoms with Crippen molar-refractivity contribution in [3.63, 3.8) is 0 Å². The van der Waals surface area contributed by atoms with Crippen molar-refractivity contribution in [3.8, 4) is 0 Å². The summed E-state index contributed by atoms with van der Waals surface area (Å²) in [6.07, 6.45) is 1.06. The molecule has 0 aromatic heterocycles. The normalized spacial score (nSPS) is 12.6. The summed E-state index contributed by atoms with van der Waals surface area (Å²) in [5.41, 5.74) is 2.22. The predicted octanol–water partition coefficient (Wildman–Crippen LogP) is 3.49. The smallest absolute Gasteiger partial charge is 0.323 e. The average Bonchev–Trinajstić information content (AvgIpc) is 2.27. The standard InChI is InChI=1S/C13H17BrO2/c1-9(2)8-10-4-6-11(7-5-10)12(14)13(15)16-3/h4-7,9,12H,8H2,1-3H3/t12-/m0/s1. The van der Waals surface area contributed by atoms with Gasteiger partial charge in [-0.25, -0.2) is 0 Å². The van der Waals surface area contributed by atoms with Crippen LogP contribution in [0.1, 0.15) is 29.8 Å². The SMILES string of the molecule is COC(=O)[C@@H](Br)c1ccc(CC(C)C)cc1. The number of rotatable bonds is 4. The number of carbonyl (C=O) groups is 1. The highest BCUT2D eigenvalue weighted by Crippen LogP contribution is 2.24. The lowest BCUT2D eigenvalue weighted by Crippen LogP contribution is -2.08. The molecule has 0 saturated carbocycles. The van der Waals surface area contributed by atoms with Gasteiger partial charge >= 0.3 is 5.97 Å². The van der Waals surface area contributed by atoms with Crippen molar-refractivity contribution in [1.29, 1.82) is 0 Å². The lowest BCUT2D eigenvalue weighted by molar-refractivity contribution is -0.139. The van der Waals surface area contributed by atoms with Crippen LogP contribution in [-0.2, 0) is 16.0 Å². The molecule has 3 heteroatoms. The van der Waals surface area contributed by atoms with Gasteiger partial charge in [0.25, 0.3) is 0 Å². The lowest BCUT2D eigenvalue weighted by atomic mass is 10.0. The molecule has 0 saturated heterocycles. The maximum absolute atomic E-state index is 11.3. The molecule has 1 aromatic rings. The van der Waals surface area contributed by atoms with E-state index in [1.54, 1.807) is 0 Å². The van der Waals surface area contributed by atoms with Gasteiger partial charge in [-0.1, -0.05) is 54.0 Å². The second kappa shape index (κ2) is 6.04. The van der Waals surface area contributed by atoms with Crippen LogP contribution in [0, 0.1) is 5.92 Å². The Balaban J connectivity index is 2.74. The van der Waals surface area contributed by atoms with Gasteiger partial charge in [-0.2, -0.15) is 0 Å². The largest absolute Gasteiger partial charge is 0.468 e. The van der Waals surface area contributed by atoms with E-state index in [4.69, 9.17) is 0 Å². The second-order valence-electron chi connectivity index (χ2n) is 4.23. The molecule has 1 rings (SSSR count). The molecular weight excluding hydrogens is 268 g/mol. The number of alkyl halides is 1. The molecule has 0 aliphatic heterocycles. The zero-order valence-electron chi connectivity index (χ0n) is 9.87. The summed E-state index contributed by atoms with van der Waals surface area (Å²) in [5, 5.41) is 0. The first-order valence-electron chi connectivity index (χ1n) is 5.35. The quantitative estimate of drug-likeness (QED) is 0.625. The van der Waals surface area contributed by atoms with Crippen LogP contribution in [0.15, 0.2) is 24.3 Å². The molecule has 88 valence electrons. The maximum atomic E-state index is 11.3. The van der Waals surface area contributed by atoms with E-state index in [0.29, 0.717) is 5.92 Å². The molecule has 16 heavy (non-hydrogen) atoms. The molecule has 0 N–H and O–H groups in total. The van der Waals surface area contributed by atoms with E-state index in [9.17, 15) is 4.79 Å². The Bertz CT molecular complexity index is 343. The molecule has 0 heterocycles. The average molecular weight is 285 g/mol. The Morgan fingerprint density at radius 3 is 2.31 bits per heavy atom. The molecular formula is C13H17BrO2. The first-order valence-corrected chi connectivity index (χ1v) is 6.27. The highest BCUT2D eigenvalue weighted by molar-refractivity contribution is 9.09. The number of ether oxygens (including phenoxy) is 1. The molecule has 0 aliphatic carbocycles. The molecule has 0 unspecified atom stereocenters. The summed E-state index contributed by atoms with van der Waals surface area (Å²) < 4.78 is 4.68. The van der Waals surface area contributed by atoms with Crippen molar-refractivity contribution in [2.45, 2.75) is 25.1 Å². The van der Waals surface area contributed by atoms with Gasteiger partial charge < -0.3 is 4.74 Å². The van der Waals surface area contributed by atoms with Crippen LogP contribution in [0.25, 0.3) is 0 Å². The summed E-state index contributed by atoms with van der Waals surface area (Å²) in [4.78, 5) is 10.9. The van der Waals surface area contributed by atoms with Crippen LogP contribution < -0.4 is 0 Å². The maximum Gasteiger partial charge on any atom is 0.323 e. The van der Waals surface area contributed by atoms with Crippen LogP contribution in [0.3, 0.4) is 0 Å². The fourth-order valence-corrected chi connectivity index (χ4v) is 2.03. The Labute approximate surface area is 105 Å². The Kier molecular flexibility index (Phi) is 5.00. The van der Waals surface area contributed by atoms with Gasteiger partial charge in [-0.3, -0.25) is 4.79 Å². The number of hydrogen-bond acceptors (Lipinski definition) is 2. The molecule has 0 bridgehead atoms. The summed E-state index contributed by atoms with van der Waals surface area (Å²) >= 11 is 3.31. The van der Waals surface area contributed by atoms with Crippen molar-refractivity contribution in [2.75, 3.05) is 7.11 Å². The van der Waals surface area contributed by atoms with Gasteiger partial charge in [0, 0.05) is 0 Å². The number of benzene rings is 1. The zero-order chi connectivity index (χ0) is 12.1. The third kappa shape index (κ3) is 3.63. The van der Waals surface area contributed by atoms with Crippen LogP contribution in [0.2, 0.25) is 0 Å². The van der Waals surface area contributed by atoms with E-state index in [2.05, 4.69) is 46.6 Å². The lowest BCUT2D eigenvalue weighted by Gasteiger charge is -2.09. The van der Waals surface area contributed by atoms with Crippen molar-refractivity contribution in [2.24, 2.45) is 5.92 Å². The molecule has 0 amide bonds. The monoisotopic (exact) mass is 284 g/mol. The number of halogens is 1. The highest BCUT2D eigenvalue weighted by Gasteiger charge is 2.17. The predicted molar refractivity (Wildman–Crippen MR) is 68.7 cm³/mol. The van der Waals surface area contributed by atoms with Crippen LogP contribution in [-0.4, -0.2) is 13.1 Å². The number of hydrogen-bond donors (Lipinski definition) is 0. The van der Waals surface area contributed by atoms with E-state index in [1.807, 2.05) is 12.1 Å². The van der Waals surface area contributed by atoms with Crippen molar-refractivity contribution >= 4 is 21.9 Å². The molecule has 0 spiro atoms. The van der Waals surface area contributed by atoms with Gasteiger partial charge in [-0.15, -0.1) is 0 Å². The van der Waals surface area contributed by atoms with E-state index in [-0.39, 0.29) is 10.8 Å². The summed E-state index contributed by atoms with van der Waals surface area (Å²) in [6, 6.07) is 8.06. The fraction of sp³-hybridized carbons (Fsp3) is 0.462. The summed E-state index contributed by atoms with van der Waals surface area (Å²) in [7, 11) is 1.39. The molecule has 0 fully saturated rings. The van der Waals surface area contributed by atoms with Crippen molar-refractivity contribution in [3.05, 3.63) is 35.4 Å². The van der Waals surface area contributed by atoms with Gasteiger partial charge in [0.2, 0.25) is 0 Å². The molecule has 1 atom stereocenters. The van der Waals surface area contributed by atoms with E-state index in [0.717, 1.165) is 12.0 Å². The van der Waals surface area contributed by atoms with Gasteiger partial charge in [0.1, 0.15) is 4.83 Å². The van der Waals surface area contributed by atoms with E-state index < -0.39 is 0 Å². The van der Waals surface area contributed by atoms with Gasteiger partial charge in [0.05, 0.1) is 7.11 Å². The minimum atomic E-state index is -0.370. The summed E-state index contributed by atoms with van der Waals surface area (Å²) in [6.45, 7) is 4.38. The topological polar surface area (TPSA) is 26.3 Å². The minimum Gasteiger partial charge on any atom is -0.468 e. The van der Waals surface area contributed by atoms with Gasteiger partial charge in [0.15, 0.2) is 0 Å². The molecule has 0 radical (unpaired) electrons. The molecule has 1 aromatic carbocycles. The Morgan fingerprint density at radius 1 is 1.31 bits per heavy atom. The molecule has 0 aliphatic rings. The summed E-state index contributed by atoms with van der Waals surface area (Å²) in [5.74, 6) is 0.378. The first-order chi connectivity index (χ1) is 7.54. The zero-order valence-corrected chi connectivity index (χ0v) is 11.5. The van der Waals surface area contributed by atoms with Crippen LogP contribution in [0.5, 0.6) is 0 Å². The Morgan fingerprint density at radius 2 is 1.88 bits per heavy atom. The number of methoxy groups -OCH3 is 1.